The van der Waals surface area contributed by atoms with E-state index in [0.717, 1.165) is 36.9 Å². The van der Waals surface area contributed by atoms with E-state index in [4.69, 9.17) is 11.6 Å². The molecule has 1 aliphatic heterocycles. The van der Waals surface area contributed by atoms with Crippen LogP contribution in [0.15, 0.2) is 65.5 Å². The number of halogens is 1. The Balaban J connectivity index is 1.52. The van der Waals surface area contributed by atoms with E-state index in [1.54, 1.807) is 0 Å². The first-order valence-electron chi connectivity index (χ1n) is 10.6. The van der Waals surface area contributed by atoms with Gasteiger partial charge in [0.05, 0.1) is 11.7 Å². The Labute approximate surface area is 188 Å². The second-order valence-corrected chi connectivity index (χ2v) is 8.62. The number of aromatic nitrogens is 1. The highest BCUT2D eigenvalue weighted by Crippen LogP contribution is 2.30. The number of benzene rings is 2. The molecule has 0 aliphatic carbocycles. The number of aryl methyl sites for hydroxylation is 1. The Morgan fingerprint density at radius 3 is 2.23 bits per heavy atom. The first-order valence-corrected chi connectivity index (χ1v) is 11.0. The van der Waals surface area contributed by atoms with Gasteiger partial charge in [0.2, 0.25) is 5.43 Å². The number of piperazine rings is 1. The molecule has 0 amide bonds. The minimum Gasteiger partial charge on any atom is -0.503 e. The lowest BCUT2D eigenvalue weighted by molar-refractivity contribution is 0.102. The molecule has 0 spiro atoms. The van der Waals surface area contributed by atoms with Crippen molar-refractivity contribution in [3.05, 3.63) is 98.4 Å². The monoisotopic (exact) mass is 437 g/mol. The third-order valence-electron chi connectivity index (χ3n) is 6.23. The maximum Gasteiger partial charge on any atom is 0.223 e. The smallest absolute Gasteiger partial charge is 0.223 e. The van der Waals surface area contributed by atoms with E-state index < -0.39 is 0 Å². The van der Waals surface area contributed by atoms with Crippen molar-refractivity contribution in [3.63, 3.8) is 0 Å². The Bertz CT molecular complexity index is 1090. The second kappa shape index (κ2) is 9.27. The first kappa shape index (κ1) is 21.6. The summed E-state index contributed by atoms with van der Waals surface area (Å²) < 4.78 is 1.91. The summed E-state index contributed by atoms with van der Waals surface area (Å²) in [6.45, 7) is 5.95. The third kappa shape index (κ3) is 4.69. The van der Waals surface area contributed by atoms with Gasteiger partial charge in [-0.2, -0.15) is 0 Å². The predicted molar refractivity (Wildman–Crippen MR) is 125 cm³/mol. The fraction of sp³-hybridized carbons (Fsp3) is 0.320. The molecule has 2 aromatic carbocycles. The number of nitrogens with zero attached hydrogens (tertiary/aromatic N) is 3. The van der Waals surface area contributed by atoms with E-state index in [1.165, 1.54) is 17.2 Å². The van der Waals surface area contributed by atoms with Crippen molar-refractivity contribution in [1.82, 2.24) is 14.4 Å². The Hall–Kier alpha value is -2.60. The molecule has 0 saturated carbocycles. The van der Waals surface area contributed by atoms with Crippen LogP contribution in [-0.4, -0.2) is 45.7 Å². The van der Waals surface area contributed by atoms with Crippen LogP contribution < -0.4 is 5.43 Å². The predicted octanol–water partition coefficient (Wildman–Crippen LogP) is 3.96. The van der Waals surface area contributed by atoms with E-state index in [0.29, 0.717) is 12.2 Å². The SMILES string of the molecule is Cc1cc(=O)c(O)c(CN2CCN(C(c3ccccc3)c3ccc(Cl)cc3)CC2)n1C. The number of pyridine rings is 1. The van der Waals surface area contributed by atoms with Crippen molar-refractivity contribution < 1.29 is 5.11 Å². The third-order valence-corrected chi connectivity index (χ3v) is 6.48. The summed E-state index contributed by atoms with van der Waals surface area (Å²) >= 11 is 6.13. The van der Waals surface area contributed by atoms with E-state index in [-0.39, 0.29) is 17.2 Å². The molecule has 162 valence electrons. The van der Waals surface area contributed by atoms with Gasteiger partial charge in [-0.3, -0.25) is 14.6 Å². The quantitative estimate of drug-likeness (QED) is 0.656. The number of hydrogen-bond donors (Lipinski definition) is 1. The Morgan fingerprint density at radius 1 is 0.968 bits per heavy atom. The summed E-state index contributed by atoms with van der Waals surface area (Å²) in [4.78, 5) is 16.8. The van der Waals surface area contributed by atoms with Crippen LogP contribution in [0.1, 0.15) is 28.6 Å². The summed E-state index contributed by atoms with van der Waals surface area (Å²) in [6, 6.07) is 20.3. The highest BCUT2D eigenvalue weighted by molar-refractivity contribution is 6.30. The van der Waals surface area contributed by atoms with Crippen LogP contribution in [0.4, 0.5) is 0 Å². The van der Waals surface area contributed by atoms with Gasteiger partial charge in [-0.1, -0.05) is 54.1 Å². The molecule has 1 atom stereocenters. The highest BCUT2D eigenvalue weighted by Gasteiger charge is 2.27. The molecular weight excluding hydrogens is 410 g/mol. The summed E-state index contributed by atoms with van der Waals surface area (Å²) in [6.07, 6.45) is 0. The Morgan fingerprint density at radius 2 is 1.58 bits per heavy atom. The zero-order valence-electron chi connectivity index (χ0n) is 18.0. The zero-order valence-corrected chi connectivity index (χ0v) is 18.7. The van der Waals surface area contributed by atoms with Gasteiger partial charge in [-0.25, -0.2) is 0 Å². The standard InChI is InChI=1S/C25H28ClN3O2/c1-18-16-23(30)25(31)22(27(18)2)17-28-12-14-29(15-13-28)24(19-6-4-3-5-7-19)20-8-10-21(26)11-9-20/h3-11,16,24,31H,12-15,17H2,1-2H3. The summed E-state index contributed by atoms with van der Waals surface area (Å²) in [5.74, 6) is -0.140. The molecular formula is C25H28ClN3O2. The molecule has 1 aromatic heterocycles. The zero-order chi connectivity index (χ0) is 22.0. The van der Waals surface area contributed by atoms with Crippen LogP contribution >= 0.6 is 11.6 Å². The van der Waals surface area contributed by atoms with Crippen molar-refractivity contribution in [2.24, 2.45) is 7.05 Å². The average molecular weight is 438 g/mol. The molecule has 1 N–H and O–H groups in total. The molecule has 3 aromatic rings. The maximum absolute atomic E-state index is 12.0. The van der Waals surface area contributed by atoms with Gasteiger partial charge in [0, 0.05) is 56.6 Å². The lowest BCUT2D eigenvalue weighted by atomic mass is 9.96. The molecule has 0 radical (unpaired) electrons. The fourth-order valence-corrected chi connectivity index (χ4v) is 4.46. The molecule has 1 saturated heterocycles. The largest absolute Gasteiger partial charge is 0.503 e. The molecule has 0 bridgehead atoms. The van der Waals surface area contributed by atoms with Crippen LogP contribution in [0.25, 0.3) is 0 Å². The fourth-order valence-electron chi connectivity index (χ4n) is 4.34. The number of aromatic hydroxyl groups is 1. The lowest BCUT2D eigenvalue weighted by Crippen LogP contribution is -2.47. The van der Waals surface area contributed by atoms with Crippen LogP contribution in [0.2, 0.25) is 5.02 Å². The van der Waals surface area contributed by atoms with Gasteiger partial charge < -0.3 is 9.67 Å². The lowest BCUT2D eigenvalue weighted by Gasteiger charge is -2.40. The van der Waals surface area contributed by atoms with Gasteiger partial charge >= 0.3 is 0 Å². The van der Waals surface area contributed by atoms with Crippen molar-refractivity contribution in [2.75, 3.05) is 26.2 Å². The molecule has 2 heterocycles. The minimum absolute atomic E-state index is 0.140. The number of hydrogen-bond acceptors (Lipinski definition) is 4. The van der Waals surface area contributed by atoms with Gasteiger partial charge in [0.15, 0.2) is 5.75 Å². The highest BCUT2D eigenvalue weighted by atomic mass is 35.5. The molecule has 1 aliphatic rings. The first-order chi connectivity index (χ1) is 14.9. The molecule has 1 fully saturated rings. The van der Waals surface area contributed by atoms with Gasteiger partial charge in [-0.05, 0) is 30.2 Å². The van der Waals surface area contributed by atoms with Crippen LogP contribution in [0.3, 0.4) is 0 Å². The normalized spacial score (nSPS) is 16.4. The van der Waals surface area contributed by atoms with E-state index in [2.05, 4.69) is 46.2 Å². The molecule has 6 heteroatoms. The second-order valence-electron chi connectivity index (χ2n) is 8.18. The van der Waals surface area contributed by atoms with Crippen LogP contribution in [0.5, 0.6) is 5.75 Å². The molecule has 4 rings (SSSR count). The average Bonchev–Trinajstić information content (AvgIpc) is 2.78. The summed E-state index contributed by atoms with van der Waals surface area (Å²) in [7, 11) is 1.89. The molecule has 31 heavy (non-hydrogen) atoms. The van der Waals surface area contributed by atoms with Gasteiger partial charge in [0.25, 0.3) is 0 Å². The van der Waals surface area contributed by atoms with E-state index >= 15 is 0 Å². The van der Waals surface area contributed by atoms with Crippen molar-refractivity contribution in [1.29, 1.82) is 0 Å². The Kier molecular flexibility index (Phi) is 6.46. The topological polar surface area (TPSA) is 48.7 Å². The van der Waals surface area contributed by atoms with Crippen molar-refractivity contribution >= 4 is 11.6 Å². The maximum atomic E-state index is 12.0. The number of rotatable bonds is 5. The van der Waals surface area contributed by atoms with Crippen LogP contribution in [-0.2, 0) is 13.6 Å². The van der Waals surface area contributed by atoms with Gasteiger partial charge in [-0.15, -0.1) is 0 Å². The van der Waals surface area contributed by atoms with E-state index in [1.807, 2.05) is 36.7 Å². The van der Waals surface area contributed by atoms with Gasteiger partial charge in [0.1, 0.15) is 0 Å². The summed E-state index contributed by atoms with van der Waals surface area (Å²) in [5.41, 5.74) is 3.70. The molecule has 1 unspecified atom stereocenters. The van der Waals surface area contributed by atoms with Crippen molar-refractivity contribution in [2.45, 2.75) is 19.5 Å². The van der Waals surface area contributed by atoms with Crippen molar-refractivity contribution in [3.8, 4) is 5.75 Å². The minimum atomic E-state index is -0.309. The van der Waals surface area contributed by atoms with Crippen LogP contribution in [0, 0.1) is 6.92 Å². The van der Waals surface area contributed by atoms with E-state index in [9.17, 15) is 9.90 Å². The summed E-state index contributed by atoms with van der Waals surface area (Å²) in [5, 5.41) is 11.1. The molecule has 5 nitrogen and oxygen atoms in total.